The summed E-state index contributed by atoms with van der Waals surface area (Å²) in [6.45, 7) is 4.96. The Morgan fingerprint density at radius 3 is 2.63 bits per heavy atom. The second kappa shape index (κ2) is 5.52. The Morgan fingerprint density at radius 1 is 1.42 bits per heavy atom. The third-order valence-corrected chi connectivity index (χ3v) is 6.52. The molecule has 0 saturated carbocycles. The van der Waals surface area contributed by atoms with Gasteiger partial charge in [0.15, 0.2) is 0 Å². The summed E-state index contributed by atoms with van der Waals surface area (Å²) in [4.78, 5) is 0.316. The van der Waals surface area contributed by atoms with Gasteiger partial charge in [-0.3, -0.25) is 0 Å². The minimum Gasteiger partial charge on any atom is -0.326 e. The number of halogens is 1. The summed E-state index contributed by atoms with van der Waals surface area (Å²) in [7, 11) is -3.45. The van der Waals surface area contributed by atoms with E-state index in [1.807, 2.05) is 13.0 Å². The average Bonchev–Trinajstić information content (AvgIpc) is 2.69. The Labute approximate surface area is 123 Å². The Kier molecular flexibility index (Phi) is 4.35. The fraction of sp³-hybridized carbons (Fsp3) is 0.538. The highest BCUT2D eigenvalue weighted by atomic mass is 79.9. The predicted molar refractivity (Wildman–Crippen MR) is 79.2 cm³/mol. The molecule has 1 aliphatic heterocycles. The lowest BCUT2D eigenvalue weighted by Gasteiger charge is -2.22. The number of nitrogens with zero attached hydrogens (tertiary/aromatic N) is 1. The first-order valence-electron chi connectivity index (χ1n) is 6.36. The number of hydrogen-bond donors (Lipinski definition) is 1. The van der Waals surface area contributed by atoms with Gasteiger partial charge in [-0.1, -0.05) is 13.0 Å². The molecule has 1 heterocycles. The summed E-state index contributed by atoms with van der Waals surface area (Å²) in [6, 6.07) is 5.29. The number of sulfonamides is 1. The number of benzene rings is 1. The van der Waals surface area contributed by atoms with Crippen molar-refractivity contribution < 1.29 is 8.42 Å². The zero-order chi connectivity index (χ0) is 14.2. The van der Waals surface area contributed by atoms with Crippen molar-refractivity contribution in [2.24, 2.45) is 11.7 Å². The van der Waals surface area contributed by atoms with Crippen molar-refractivity contribution in [1.29, 1.82) is 0 Å². The van der Waals surface area contributed by atoms with Crippen LogP contribution in [0.5, 0.6) is 0 Å². The monoisotopic (exact) mass is 346 g/mol. The van der Waals surface area contributed by atoms with Gasteiger partial charge in [0.25, 0.3) is 0 Å². The molecule has 106 valence electrons. The molecule has 0 aromatic heterocycles. The Balaban J connectivity index is 2.45. The molecule has 0 bridgehead atoms. The highest BCUT2D eigenvalue weighted by molar-refractivity contribution is 9.10. The van der Waals surface area contributed by atoms with E-state index < -0.39 is 10.0 Å². The van der Waals surface area contributed by atoms with E-state index in [-0.39, 0.29) is 6.04 Å². The SMILES string of the molecule is CC1CC(C)N(S(=O)(=O)c2cc(CN)ccc2Br)C1. The lowest BCUT2D eigenvalue weighted by Crippen LogP contribution is -2.34. The molecule has 0 aliphatic carbocycles. The van der Waals surface area contributed by atoms with Crippen LogP contribution in [0.2, 0.25) is 0 Å². The maximum Gasteiger partial charge on any atom is 0.244 e. The van der Waals surface area contributed by atoms with Crippen LogP contribution in [-0.4, -0.2) is 25.3 Å². The van der Waals surface area contributed by atoms with E-state index >= 15 is 0 Å². The van der Waals surface area contributed by atoms with Gasteiger partial charge in [0.05, 0.1) is 4.90 Å². The fourth-order valence-corrected chi connectivity index (χ4v) is 5.33. The number of rotatable bonds is 3. The highest BCUT2D eigenvalue weighted by Gasteiger charge is 2.36. The lowest BCUT2D eigenvalue weighted by molar-refractivity contribution is 0.405. The minimum absolute atomic E-state index is 0.0495. The van der Waals surface area contributed by atoms with Crippen molar-refractivity contribution in [2.75, 3.05) is 6.54 Å². The number of hydrogen-bond acceptors (Lipinski definition) is 3. The van der Waals surface area contributed by atoms with Gasteiger partial charge in [-0.25, -0.2) is 8.42 Å². The summed E-state index contributed by atoms with van der Waals surface area (Å²) in [5, 5.41) is 0. The maximum atomic E-state index is 12.7. The molecule has 1 aromatic carbocycles. The van der Waals surface area contributed by atoms with E-state index in [0.29, 0.717) is 28.4 Å². The van der Waals surface area contributed by atoms with Crippen molar-refractivity contribution in [3.8, 4) is 0 Å². The predicted octanol–water partition coefficient (Wildman–Crippen LogP) is 2.33. The summed E-state index contributed by atoms with van der Waals surface area (Å²) < 4.78 is 27.7. The topological polar surface area (TPSA) is 63.4 Å². The zero-order valence-electron chi connectivity index (χ0n) is 11.1. The van der Waals surface area contributed by atoms with Gasteiger partial charge in [-0.15, -0.1) is 0 Å². The minimum atomic E-state index is -3.45. The van der Waals surface area contributed by atoms with Gasteiger partial charge in [-0.05, 0) is 52.9 Å². The van der Waals surface area contributed by atoms with Gasteiger partial charge in [0, 0.05) is 23.6 Å². The first-order valence-corrected chi connectivity index (χ1v) is 8.60. The van der Waals surface area contributed by atoms with Crippen LogP contribution in [0.3, 0.4) is 0 Å². The Bertz CT molecular complexity index is 574. The van der Waals surface area contributed by atoms with E-state index in [4.69, 9.17) is 5.73 Å². The van der Waals surface area contributed by atoms with Crippen molar-refractivity contribution in [3.05, 3.63) is 28.2 Å². The molecule has 2 N–H and O–H groups in total. The molecule has 2 atom stereocenters. The van der Waals surface area contributed by atoms with Gasteiger partial charge in [0.2, 0.25) is 10.0 Å². The summed E-state index contributed by atoms with van der Waals surface area (Å²) in [5.74, 6) is 0.404. The molecule has 2 unspecified atom stereocenters. The van der Waals surface area contributed by atoms with E-state index in [9.17, 15) is 8.42 Å². The molecule has 19 heavy (non-hydrogen) atoms. The largest absolute Gasteiger partial charge is 0.326 e. The summed E-state index contributed by atoms with van der Waals surface area (Å²) in [5.41, 5.74) is 6.41. The summed E-state index contributed by atoms with van der Waals surface area (Å²) >= 11 is 3.33. The van der Waals surface area contributed by atoms with Gasteiger partial charge in [-0.2, -0.15) is 4.31 Å². The first kappa shape index (κ1) is 15.0. The Hall–Kier alpha value is -0.430. The van der Waals surface area contributed by atoms with Crippen molar-refractivity contribution >= 4 is 26.0 Å². The van der Waals surface area contributed by atoms with Gasteiger partial charge in [0.1, 0.15) is 0 Å². The van der Waals surface area contributed by atoms with E-state index in [1.165, 1.54) is 0 Å². The molecule has 4 nitrogen and oxygen atoms in total. The molecule has 2 rings (SSSR count). The van der Waals surface area contributed by atoms with Crippen LogP contribution >= 0.6 is 15.9 Å². The molecular weight excluding hydrogens is 328 g/mol. The highest BCUT2D eigenvalue weighted by Crippen LogP contribution is 2.32. The molecular formula is C13H19BrN2O2S. The maximum absolute atomic E-state index is 12.7. The molecule has 0 amide bonds. The zero-order valence-corrected chi connectivity index (χ0v) is 13.5. The quantitative estimate of drug-likeness (QED) is 0.913. The van der Waals surface area contributed by atoms with Crippen molar-refractivity contribution in [3.63, 3.8) is 0 Å². The molecule has 1 aromatic rings. The average molecular weight is 347 g/mol. The van der Waals surface area contributed by atoms with Crippen LogP contribution < -0.4 is 5.73 Å². The molecule has 0 spiro atoms. The Morgan fingerprint density at radius 2 is 2.11 bits per heavy atom. The van der Waals surface area contributed by atoms with E-state index in [0.717, 1.165) is 12.0 Å². The lowest BCUT2D eigenvalue weighted by atomic mass is 10.1. The van der Waals surface area contributed by atoms with Crippen LogP contribution in [0.15, 0.2) is 27.6 Å². The van der Waals surface area contributed by atoms with Crippen molar-refractivity contribution in [1.82, 2.24) is 4.31 Å². The smallest absolute Gasteiger partial charge is 0.244 e. The van der Waals surface area contributed by atoms with E-state index in [1.54, 1.807) is 16.4 Å². The van der Waals surface area contributed by atoms with Crippen LogP contribution in [0.25, 0.3) is 0 Å². The molecule has 6 heteroatoms. The molecule has 1 fully saturated rings. The van der Waals surface area contributed by atoms with Crippen LogP contribution in [0, 0.1) is 5.92 Å². The van der Waals surface area contributed by atoms with E-state index in [2.05, 4.69) is 22.9 Å². The first-order chi connectivity index (χ1) is 8.86. The molecule has 1 saturated heterocycles. The van der Waals surface area contributed by atoms with Crippen molar-refractivity contribution in [2.45, 2.75) is 37.8 Å². The molecule has 0 radical (unpaired) electrons. The third kappa shape index (κ3) is 2.86. The number of nitrogens with two attached hydrogens (primary N) is 1. The second-order valence-corrected chi connectivity index (χ2v) is 7.95. The molecule has 1 aliphatic rings. The van der Waals surface area contributed by atoms with Crippen LogP contribution in [0.4, 0.5) is 0 Å². The third-order valence-electron chi connectivity index (χ3n) is 3.54. The van der Waals surface area contributed by atoms with Gasteiger partial charge < -0.3 is 5.73 Å². The normalized spacial score (nSPS) is 24.8. The summed E-state index contributed by atoms with van der Waals surface area (Å²) in [6.07, 6.45) is 0.910. The second-order valence-electron chi connectivity index (χ2n) is 5.23. The van der Waals surface area contributed by atoms with Gasteiger partial charge >= 0.3 is 0 Å². The fourth-order valence-electron chi connectivity index (χ4n) is 2.60. The standard InChI is InChI=1S/C13H19BrN2O2S/c1-9-5-10(2)16(8-9)19(17,18)13-6-11(7-15)3-4-12(13)14/h3-4,6,9-10H,5,7-8,15H2,1-2H3. The van der Waals surface area contributed by atoms with Crippen LogP contribution in [0.1, 0.15) is 25.8 Å². The van der Waals surface area contributed by atoms with Crippen LogP contribution in [-0.2, 0) is 16.6 Å².